The van der Waals surface area contributed by atoms with Crippen molar-refractivity contribution in [1.29, 1.82) is 0 Å². The molecule has 114 valence electrons. The molecule has 0 heterocycles. The Bertz CT molecular complexity index is 632. The molecule has 0 amide bonds. The van der Waals surface area contributed by atoms with Crippen molar-refractivity contribution in [3.8, 4) is 0 Å². The maximum absolute atomic E-state index is 10.5. The molecule has 4 nitrogen and oxygen atoms in total. The SMILES string of the molecule is CC(O)Cc1ccccc1.Cc1ccc(S(=O)(=O)O)cc1. The Morgan fingerprint density at radius 1 is 1.00 bits per heavy atom. The van der Waals surface area contributed by atoms with E-state index in [1.54, 1.807) is 19.1 Å². The quantitative estimate of drug-likeness (QED) is 0.855. The van der Waals surface area contributed by atoms with Gasteiger partial charge < -0.3 is 5.11 Å². The van der Waals surface area contributed by atoms with E-state index in [9.17, 15) is 8.42 Å². The molecule has 5 heteroatoms. The van der Waals surface area contributed by atoms with Gasteiger partial charge in [0.25, 0.3) is 10.1 Å². The van der Waals surface area contributed by atoms with Crippen molar-refractivity contribution in [3.05, 3.63) is 65.7 Å². The topological polar surface area (TPSA) is 74.6 Å². The van der Waals surface area contributed by atoms with E-state index < -0.39 is 10.1 Å². The summed E-state index contributed by atoms with van der Waals surface area (Å²) in [6.45, 7) is 3.64. The summed E-state index contributed by atoms with van der Waals surface area (Å²) in [6, 6.07) is 16.0. The minimum atomic E-state index is -4.02. The van der Waals surface area contributed by atoms with Crippen molar-refractivity contribution in [1.82, 2.24) is 0 Å². The third kappa shape index (κ3) is 7.04. The first-order valence-electron chi connectivity index (χ1n) is 6.55. The Morgan fingerprint density at radius 2 is 1.52 bits per heavy atom. The average Bonchev–Trinajstić information content (AvgIpc) is 2.39. The van der Waals surface area contributed by atoms with Crippen LogP contribution in [0.4, 0.5) is 0 Å². The van der Waals surface area contributed by atoms with Crippen LogP contribution in [0.25, 0.3) is 0 Å². The Labute approximate surface area is 125 Å². The van der Waals surface area contributed by atoms with Gasteiger partial charge in [0.2, 0.25) is 0 Å². The molecule has 0 aliphatic carbocycles. The molecule has 2 rings (SSSR count). The maximum Gasteiger partial charge on any atom is 0.294 e. The Balaban J connectivity index is 0.000000211. The molecule has 2 N–H and O–H groups in total. The molecule has 0 saturated heterocycles. The van der Waals surface area contributed by atoms with Crippen LogP contribution in [0.3, 0.4) is 0 Å². The second-order valence-corrected chi connectivity index (χ2v) is 6.25. The van der Waals surface area contributed by atoms with Crippen LogP contribution in [0.2, 0.25) is 0 Å². The van der Waals surface area contributed by atoms with Crippen LogP contribution in [0.1, 0.15) is 18.1 Å². The van der Waals surface area contributed by atoms with Gasteiger partial charge in [0.15, 0.2) is 0 Å². The van der Waals surface area contributed by atoms with Gasteiger partial charge in [-0.2, -0.15) is 8.42 Å². The number of hydrogen-bond acceptors (Lipinski definition) is 3. The lowest BCUT2D eigenvalue weighted by Gasteiger charge is -2.01. The third-order valence-electron chi connectivity index (χ3n) is 2.69. The predicted molar refractivity (Wildman–Crippen MR) is 82.8 cm³/mol. The number of hydrogen-bond donors (Lipinski definition) is 2. The summed E-state index contributed by atoms with van der Waals surface area (Å²) in [5, 5.41) is 9.01. The van der Waals surface area contributed by atoms with E-state index in [1.165, 1.54) is 17.7 Å². The van der Waals surface area contributed by atoms with Gasteiger partial charge in [-0.25, -0.2) is 0 Å². The van der Waals surface area contributed by atoms with Crippen LogP contribution in [0, 0.1) is 6.92 Å². The molecule has 2 aromatic carbocycles. The first kappa shape index (κ1) is 17.4. The van der Waals surface area contributed by atoms with Gasteiger partial charge in [-0.05, 0) is 38.0 Å². The molecule has 0 aliphatic rings. The number of rotatable bonds is 3. The highest BCUT2D eigenvalue weighted by molar-refractivity contribution is 7.85. The lowest BCUT2D eigenvalue weighted by atomic mass is 10.1. The summed E-state index contributed by atoms with van der Waals surface area (Å²) in [4.78, 5) is -0.0666. The smallest absolute Gasteiger partial charge is 0.294 e. The van der Waals surface area contributed by atoms with Gasteiger partial charge in [-0.1, -0.05) is 48.0 Å². The zero-order valence-electron chi connectivity index (χ0n) is 12.1. The molecule has 0 radical (unpaired) electrons. The minimum absolute atomic E-state index is 0.0666. The molecule has 0 aromatic heterocycles. The fourth-order valence-electron chi connectivity index (χ4n) is 1.67. The lowest BCUT2D eigenvalue weighted by Crippen LogP contribution is -2.03. The molecular formula is C16H20O4S. The van der Waals surface area contributed by atoms with Crippen molar-refractivity contribution in [2.75, 3.05) is 0 Å². The predicted octanol–water partition coefficient (Wildman–Crippen LogP) is 2.85. The highest BCUT2D eigenvalue weighted by Crippen LogP contribution is 2.08. The van der Waals surface area contributed by atoms with Crippen LogP contribution in [-0.4, -0.2) is 24.2 Å². The molecule has 2 aromatic rings. The van der Waals surface area contributed by atoms with Gasteiger partial charge in [0.1, 0.15) is 0 Å². The third-order valence-corrected chi connectivity index (χ3v) is 3.56. The maximum atomic E-state index is 10.5. The van der Waals surface area contributed by atoms with Crippen LogP contribution >= 0.6 is 0 Å². The largest absolute Gasteiger partial charge is 0.393 e. The van der Waals surface area contributed by atoms with E-state index in [1.807, 2.05) is 37.3 Å². The second kappa shape index (κ2) is 7.93. The standard InChI is InChI=1S/C9H12O.C7H8O3S/c1-8(10)7-9-5-3-2-4-6-9;1-6-2-4-7(5-3-6)11(8,9)10/h2-6,8,10H,7H2,1H3;2-5H,1H3,(H,8,9,10). The number of aryl methyl sites for hydroxylation is 1. The summed E-state index contributed by atoms with van der Waals surface area (Å²) in [7, 11) is -4.02. The Morgan fingerprint density at radius 3 is 1.95 bits per heavy atom. The monoisotopic (exact) mass is 308 g/mol. The first-order valence-corrected chi connectivity index (χ1v) is 7.99. The fourth-order valence-corrected chi connectivity index (χ4v) is 2.15. The van der Waals surface area contributed by atoms with Crippen LogP contribution in [0.15, 0.2) is 59.5 Å². The summed E-state index contributed by atoms with van der Waals surface area (Å²) in [6.07, 6.45) is 0.517. The molecule has 0 saturated carbocycles. The first-order chi connectivity index (χ1) is 9.79. The normalized spacial score (nSPS) is 12.2. The van der Waals surface area contributed by atoms with E-state index in [0.29, 0.717) is 0 Å². The van der Waals surface area contributed by atoms with Gasteiger partial charge in [0, 0.05) is 0 Å². The molecule has 21 heavy (non-hydrogen) atoms. The molecule has 1 unspecified atom stereocenters. The molecule has 0 aliphatic heterocycles. The molecule has 0 bridgehead atoms. The van der Waals surface area contributed by atoms with Crippen molar-refractivity contribution in [3.63, 3.8) is 0 Å². The van der Waals surface area contributed by atoms with Crippen LogP contribution < -0.4 is 0 Å². The number of aliphatic hydroxyl groups is 1. The highest BCUT2D eigenvalue weighted by atomic mass is 32.2. The Hall–Kier alpha value is -1.69. The van der Waals surface area contributed by atoms with Gasteiger partial charge in [-0.15, -0.1) is 0 Å². The van der Waals surface area contributed by atoms with Crippen LogP contribution in [-0.2, 0) is 16.5 Å². The van der Waals surface area contributed by atoms with Gasteiger partial charge in [0.05, 0.1) is 11.0 Å². The summed E-state index contributed by atoms with van der Waals surface area (Å²) in [5.41, 5.74) is 2.15. The van der Waals surface area contributed by atoms with E-state index in [0.717, 1.165) is 12.0 Å². The van der Waals surface area contributed by atoms with E-state index >= 15 is 0 Å². The second-order valence-electron chi connectivity index (χ2n) is 4.83. The van der Waals surface area contributed by atoms with Gasteiger partial charge >= 0.3 is 0 Å². The summed E-state index contributed by atoms with van der Waals surface area (Å²) >= 11 is 0. The summed E-state index contributed by atoms with van der Waals surface area (Å²) in [5.74, 6) is 0. The van der Waals surface area contributed by atoms with Crippen molar-refractivity contribution >= 4 is 10.1 Å². The lowest BCUT2D eigenvalue weighted by molar-refractivity contribution is 0.195. The van der Waals surface area contributed by atoms with Gasteiger partial charge in [-0.3, -0.25) is 4.55 Å². The number of benzene rings is 2. The zero-order chi connectivity index (χ0) is 15.9. The minimum Gasteiger partial charge on any atom is -0.393 e. The molecular weight excluding hydrogens is 288 g/mol. The summed E-state index contributed by atoms with van der Waals surface area (Å²) < 4.78 is 29.6. The van der Waals surface area contributed by atoms with Crippen molar-refractivity contribution < 1.29 is 18.1 Å². The molecule has 1 atom stereocenters. The molecule has 0 fully saturated rings. The van der Waals surface area contributed by atoms with E-state index in [4.69, 9.17) is 9.66 Å². The Kier molecular flexibility index (Phi) is 6.55. The van der Waals surface area contributed by atoms with Crippen molar-refractivity contribution in [2.45, 2.75) is 31.3 Å². The highest BCUT2D eigenvalue weighted by Gasteiger charge is 2.06. The zero-order valence-corrected chi connectivity index (χ0v) is 12.9. The van der Waals surface area contributed by atoms with E-state index in [2.05, 4.69) is 0 Å². The van der Waals surface area contributed by atoms with Crippen molar-refractivity contribution in [2.24, 2.45) is 0 Å². The molecule has 0 spiro atoms. The van der Waals surface area contributed by atoms with E-state index in [-0.39, 0.29) is 11.0 Å². The average molecular weight is 308 g/mol. The fraction of sp³-hybridized carbons (Fsp3) is 0.250. The number of aliphatic hydroxyl groups excluding tert-OH is 1. The van der Waals surface area contributed by atoms with Crippen LogP contribution in [0.5, 0.6) is 0 Å².